The Morgan fingerprint density at radius 1 is 1.44 bits per heavy atom. The largest absolute Gasteiger partial charge is 0.504 e. The van der Waals surface area contributed by atoms with E-state index < -0.39 is 11.2 Å². The quantitative estimate of drug-likeness (QED) is 0.833. The number of aliphatic hydroxyl groups is 1. The Morgan fingerprint density at radius 3 is 2.44 bits per heavy atom. The second-order valence-corrected chi connectivity index (χ2v) is 4.45. The molecular weight excluding hydrogens is 211 g/mol. The van der Waals surface area contributed by atoms with Gasteiger partial charge in [-0.3, -0.25) is 0 Å². The molecule has 16 heavy (non-hydrogen) atoms. The standard InChI is InChI=1S/C12H17FO3/c1-7-8(12(2,3)6-14)5-9(13)11(16-4)10(7)15/h5,14-15H,6H2,1-4H3. The molecule has 0 saturated carbocycles. The lowest BCUT2D eigenvalue weighted by Gasteiger charge is -2.25. The van der Waals surface area contributed by atoms with Crippen LogP contribution in [0.4, 0.5) is 4.39 Å². The molecule has 0 atom stereocenters. The van der Waals surface area contributed by atoms with Gasteiger partial charge in [-0.05, 0) is 24.1 Å². The fourth-order valence-electron chi connectivity index (χ4n) is 1.69. The molecule has 4 heteroatoms. The van der Waals surface area contributed by atoms with Crippen LogP contribution in [-0.4, -0.2) is 23.9 Å². The van der Waals surface area contributed by atoms with Crippen LogP contribution in [0.3, 0.4) is 0 Å². The molecule has 0 spiro atoms. The van der Waals surface area contributed by atoms with Gasteiger partial charge in [0.15, 0.2) is 17.3 Å². The van der Waals surface area contributed by atoms with E-state index in [4.69, 9.17) is 4.74 Å². The van der Waals surface area contributed by atoms with Gasteiger partial charge in [0.1, 0.15) is 0 Å². The third-order valence-corrected chi connectivity index (χ3v) is 2.79. The van der Waals surface area contributed by atoms with Crippen LogP contribution in [0.25, 0.3) is 0 Å². The molecule has 0 bridgehead atoms. The van der Waals surface area contributed by atoms with Gasteiger partial charge in [0.05, 0.1) is 13.7 Å². The summed E-state index contributed by atoms with van der Waals surface area (Å²) in [6.45, 7) is 5.10. The molecule has 3 nitrogen and oxygen atoms in total. The van der Waals surface area contributed by atoms with Crippen LogP contribution in [0.5, 0.6) is 11.5 Å². The van der Waals surface area contributed by atoms with Crippen LogP contribution in [0.1, 0.15) is 25.0 Å². The Hall–Kier alpha value is -1.29. The van der Waals surface area contributed by atoms with Gasteiger partial charge in [0.2, 0.25) is 0 Å². The van der Waals surface area contributed by atoms with E-state index in [9.17, 15) is 14.6 Å². The molecule has 1 rings (SSSR count). The predicted molar refractivity (Wildman–Crippen MR) is 59.5 cm³/mol. The number of aliphatic hydroxyl groups excluding tert-OH is 1. The number of halogens is 1. The second-order valence-electron chi connectivity index (χ2n) is 4.45. The van der Waals surface area contributed by atoms with Gasteiger partial charge in [-0.15, -0.1) is 0 Å². The van der Waals surface area contributed by atoms with E-state index in [1.165, 1.54) is 13.2 Å². The van der Waals surface area contributed by atoms with Crippen molar-refractivity contribution in [3.63, 3.8) is 0 Å². The highest BCUT2D eigenvalue weighted by Crippen LogP contribution is 2.39. The lowest BCUT2D eigenvalue weighted by atomic mass is 9.82. The molecule has 0 saturated heterocycles. The molecule has 0 aliphatic rings. The predicted octanol–water partition coefficient (Wildman–Crippen LogP) is 2.12. The molecule has 0 heterocycles. The van der Waals surface area contributed by atoms with Gasteiger partial charge < -0.3 is 14.9 Å². The summed E-state index contributed by atoms with van der Waals surface area (Å²) in [6.07, 6.45) is 0. The van der Waals surface area contributed by atoms with Crippen molar-refractivity contribution >= 4 is 0 Å². The van der Waals surface area contributed by atoms with Crippen molar-refractivity contribution in [3.8, 4) is 11.5 Å². The van der Waals surface area contributed by atoms with E-state index in [1.807, 2.05) is 0 Å². The zero-order valence-corrected chi connectivity index (χ0v) is 9.97. The zero-order valence-electron chi connectivity index (χ0n) is 9.97. The summed E-state index contributed by atoms with van der Waals surface area (Å²) >= 11 is 0. The van der Waals surface area contributed by atoms with Crippen molar-refractivity contribution in [1.82, 2.24) is 0 Å². The monoisotopic (exact) mass is 228 g/mol. The van der Waals surface area contributed by atoms with Crippen LogP contribution >= 0.6 is 0 Å². The average Bonchev–Trinajstić information content (AvgIpc) is 2.24. The Kier molecular flexibility index (Phi) is 3.43. The Balaban J connectivity index is 3.45. The summed E-state index contributed by atoms with van der Waals surface area (Å²) in [4.78, 5) is 0. The van der Waals surface area contributed by atoms with E-state index in [2.05, 4.69) is 0 Å². The maximum atomic E-state index is 13.6. The van der Waals surface area contributed by atoms with Crippen molar-refractivity contribution in [2.24, 2.45) is 0 Å². The molecule has 1 aromatic carbocycles. The third kappa shape index (κ3) is 1.97. The number of methoxy groups -OCH3 is 1. The summed E-state index contributed by atoms with van der Waals surface area (Å²) in [6, 6.07) is 1.30. The Morgan fingerprint density at radius 2 is 2.00 bits per heavy atom. The first-order valence-electron chi connectivity index (χ1n) is 5.02. The fourth-order valence-corrected chi connectivity index (χ4v) is 1.69. The number of rotatable bonds is 3. The van der Waals surface area contributed by atoms with E-state index in [1.54, 1.807) is 20.8 Å². The highest BCUT2D eigenvalue weighted by atomic mass is 19.1. The molecule has 2 N–H and O–H groups in total. The maximum Gasteiger partial charge on any atom is 0.196 e. The second kappa shape index (κ2) is 4.29. The smallest absolute Gasteiger partial charge is 0.196 e. The molecule has 0 radical (unpaired) electrons. The lowest BCUT2D eigenvalue weighted by Crippen LogP contribution is -2.23. The summed E-state index contributed by atoms with van der Waals surface area (Å²) < 4.78 is 18.4. The summed E-state index contributed by atoms with van der Waals surface area (Å²) in [5.74, 6) is -0.990. The number of aromatic hydroxyl groups is 1. The topological polar surface area (TPSA) is 49.7 Å². The number of phenolic OH excluding ortho intramolecular Hbond substituents is 1. The van der Waals surface area contributed by atoms with E-state index >= 15 is 0 Å². The summed E-state index contributed by atoms with van der Waals surface area (Å²) in [5.41, 5.74) is 0.498. The Labute approximate surface area is 94.5 Å². The minimum Gasteiger partial charge on any atom is -0.504 e. The third-order valence-electron chi connectivity index (χ3n) is 2.79. The van der Waals surface area contributed by atoms with Crippen LogP contribution in [0, 0.1) is 12.7 Å². The van der Waals surface area contributed by atoms with Gasteiger partial charge in [0.25, 0.3) is 0 Å². The van der Waals surface area contributed by atoms with Gasteiger partial charge in [-0.25, -0.2) is 4.39 Å². The minimum absolute atomic E-state index is 0.126. The van der Waals surface area contributed by atoms with E-state index in [0.29, 0.717) is 11.1 Å². The maximum absolute atomic E-state index is 13.6. The molecular formula is C12H17FO3. The number of ether oxygens (including phenoxy) is 1. The number of hydrogen-bond donors (Lipinski definition) is 2. The molecule has 0 aromatic heterocycles. The van der Waals surface area contributed by atoms with Crippen LogP contribution in [0.2, 0.25) is 0 Å². The summed E-state index contributed by atoms with van der Waals surface area (Å²) in [7, 11) is 1.30. The SMILES string of the molecule is COc1c(F)cc(C(C)(C)CO)c(C)c1O. The Bertz CT molecular complexity index is 400. The molecule has 1 aromatic rings. The first-order valence-corrected chi connectivity index (χ1v) is 5.02. The number of benzene rings is 1. The zero-order chi connectivity index (χ0) is 12.5. The molecule has 0 aliphatic heterocycles. The van der Waals surface area contributed by atoms with Crippen LogP contribution in [0.15, 0.2) is 6.07 Å². The van der Waals surface area contributed by atoms with E-state index in [-0.39, 0.29) is 18.1 Å². The minimum atomic E-state index is -0.623. The highest BCUT2D eigenvalue weighted by molar-refractivity contribution is 5.52. The van der Waals surface area contributed by atoms with Gasteiger partial charge in [0, 0.05) is 5.41 Å². The van der Waals surface area contributed by atoms with Crippen molar-refractivity contribution < 1.29 is 19.3 Å². The summed E-state index contributed by atoms with van der Waals surface area (Å²) in [5, 5.41) is 19.0. The van der Waals surface area contributed by atoms with Gasteiger partial charge >= 0.3 is 0 Å². The normalized spacial score (nSPS) is 11.6. The first kappa shape index (κ1) is 12.8. The number of phenols is 1. The highest BCUT2D eigenvalue weighted by Gasteiger charge is 2.26. The average molecular weight is 228 g/mol. The first-order chi connectivity index (χ1) is 7.35. The van der Waals surface area contributed by atoms with Gasteiger partial charge in [-0.2, -0.15) is 0 Å². The van der Waals surface area contributed by atoms with E-state index in [0.717, 1.165) is 0 Å². The number of hydrogen-bond acceptors (Lipinski definition) is 3. The van der Waals surface area contributed by atoms with Crippen LogP contribution in [-0.2, 0) is 5.41 Å². The fraction of sp³-hybridized carbons (Fsp3) is 0.500. The van der Waals surface area contributed by atoms with Crippen LogP contribution < -0.4 is 4.74 Å². The molecule has 0 aliphatic carbocycles. The molecule has 0 amide bonds. The van der Waals surface area contributed by atoms with Crippen molar-refractivity contribution in [1.29, 1.82) is 0 Å². The van der Waals surface area contributed by atoms with Crippen molar-refractivity contribution in [3.05, 3.63) is 23.0 Å². The molecule has 0 unspecified atom stereocenters. The lowest BCUT2D eigenvalue weighted by molar-refractivity contribution is 0.217. The van der Waals surface area contributed by atoms with Crippen molar-refractivity contribution in [2.75, 3.05) is 13.7 Å². The molecule has 0 fully saturated rings. The van der Waals surface area contributed by atoms with Crippen molar-refractivity contribution in [2.45, 2.75) is 26.2 Å². The van der Waals surface area contributed by atoms with Gasteiger partial charge in [-0.1, -0.05) is 13.8 Å². The molecule has 90 valence electrons.